The average Bonchev–Trinajstić information content (AvgIpc) is 3.46. The number of hydrogen-bond donors (Lipinski definition) is 1. The number of nitrogens with one attached hydrogen (secondary N) is 1. The third-order valence-electron chi connectivity index (χ3n) is 6.36. The van der Waals surface area contributed by atoms with Gasteiger partial charge in [-0.15, -0.1) is 11.3 Å². The molecule has 0 saturated heterocycles. The molecule has 1 aliphatic rings. The molecule has 8 nitrogen and oxygen atoms in total. The number of thiophene rings is 1. The predicted octanol–water partition coefficient (Wildman–Crippen LogP) is 3.40. The molecule has 0 spiro atoms. The summed E-state index contributed by atoms with van der Waals surface area (Å²) in [5.41, 5.74) is 2.40. The molecule has 0 radical (unpaired) electrons. The molecular formula is C24H25N5O3S2. The highest BCUT2D eigenvalue weighted by molar-refractivity contribution is 8.00. The Labute approximate surface area is 204 Å². The number of amides is 1. The number of hydrogen-bond acceptors (Lipinski definition) is 6. The molecule has 0 aliphatic heterocycles. The summed E-state index contributed by atoms with van der Waals surface area (Å²) in [6, 6.07) is 9.28. The summed E-state index contributed by atoms with van der Waals surface area (Å²) < 4.78 is 4.77. The first-order chi connectivity index (χ1) is 16.3. The second-order valence-electron chi connectivity index (χ2n) is 8.48. The van der Waals surface area contributed by atoms with Crippen molar-refractivity contribution in [3.05, 3.63) is 67.2 Å². The van der Waals surface area contributed by atoms with Gasteiger partial charge in [-0.3, -0.25) is 23.6 Å². The molecule has 176 valence electrons. The van der Waals surface area contributed by atoms with Gasteiger partial charge in [-0.1, -0.05) is 30.0 Å². The molecular weight excluding hydrogens is 470 g/mol. The lowest BCUT2D eigenvalue weighted by atomic mass is 10.2. The van der Waals surface area contributed by atoms with E-state index in [1.54, 1.807) is 44.0 Å². The van der Waals surface area contributed by atoms with Gasteiger partial charge in [-0.05, 0) is 50.8 Å². The van der Waals surface area contributed by atoms with E-state index in [1.807, 2.05) is 30.3 Å². The van der Waals surface area contributed by atoms with E-state index in [2.05, 4.69) is 5.32 Å². The minimum atomic E-state index is -0.563. The highest BCUT2D eigenvalue weighted by Crippen LogP contribution is 2.35. The van der Waals surface area contributed by atoms with Gasteiger partial charge < -0.3 is 5.32 Å². The molecule has 1 N–H and O–H groups in total. The maximum absolute atomic E-state index is 13.1. The zero-order chi connectivity index (χ0) is 24.1. The smallest absolute Gasteiger partial charge is 0.295 e. The molecule has 4 aromatic rings. The number of para-hydroxylation sites is 1. The molecule has 1 aliphatic carbocycles. The summed E-state index contributed by atoms with van der Waals surface area (Å²) in [6.45, 7) is 3.54. The van der Waals surface area contributed by atoms with Crippen LogP contribution in [-0.2, 0) is 31.7 Å². The van der Waals surface area contributed by atoms with Crippen molar-refractivity contribution in [3.63, 3.8) is 0 Å². The van der Waals surface area contributed by atoms with Gasteiger partial charge >= 0.3 is 0 Å². The Balaban J connectivity index is 1.41. The molecule has 1 unspecified atom stereocenters. The summed E-state index contributed by atoms with van der Waals surface area (Å²) in [7, 11) is 3.48. The van der Waals surface area contributed by atoms with E-state index < -0.39 is 5.25 Å². The number of fused-ring (bicyclic) bond motifs is 3. The maximum Gasteiger partial charge on any atom is 0.295 e. The van der Waals surface area contributed by atoms with E-state index in [-0.39, 0.29) is 22.7 Å². The Morgan fingerprint density at radius 1 is 1.15 bits per heavy atom. The summed E-state index contributed by atoms with van der Waals surface area (Å²) >= 11 is 2.80. The molecule has 1 aromatic carbocycles. The summed E-state index contributed by atoms with van der Waals surface area (Å²) in [5, 5.41) is 3.46. The van der Waals surface area contributed by atoms with Crippen molar-refractivity contribution >= 4 is 44.9 Å². The van der Waals surface area contributed by atoms with Crippen LogP contribution in [0.5, 0.6) is 0 Å². The zero-order valence-electron chi connectivity index (χ0n) is 19.4. The molecule has 10 heteroatoms. The van der Waals surface area contributed by atoms with Crippen molar-refractivity contribution in [1.29, 1.82) is 0 Å². The van der Waals surface area contributed by atoms with Gasteiger partial charge in [-0.2, -0.15) is 0 Å². The van der Waals surface area contributed by atoms with Crippen molar-refractivity contribution in [2.45, 2.75) is 43.5 Å². The number of aryl methyl sites for hydroxylation is 2. The number of aromatic nitrogens is 4. The van der Waals surface area contributed by atoms with Gasteiger partial charge in [0.1, 0.15) is 10.5 Å². The van der Waals surface area contributed by atoms with Crippen LogP contribution in [-0.4, -0.2) is 30.1 Å². The predicted molar refractivity (Wildman–Crippen MR) is 137 cm³/mol. The normalized spacial score (nSPS) is 13.9. The van der Waals surface area contributed by atoms with E-state index in [0.717, 1.165) is 40.7 Å². The average molecular weight is 496 g/mol. The molecule has 0 saturated carbocycles. The Hall–Kier alpha value is -3.11. The SMILES string of the molecule is Cc1c(NC(=O)C(C)Sc2nc3sc4c(c3c(=O)n2C)CCC4)c(=O)n(-c2ccccc2)n1C. The lowest BCUT2D eigenvalue weighted by Gasteiger charge is -2.13. The third-order valence-corrected chi connectivity index (χ3v) is 8.69. The molecule has 0 fully saturated rings. The first kappa shape index (κ1) is 22.7. The van der Waals surface area contributed by atoms with Crippen LogP contribution in [0.4, 0.5) is 5.69 Å². The van der Waals surface area contributed by atoms with E-state index in [9.17, 15) is 14.4 Å². The van der Waals surface area contributed by atoms with E-state index in [1.165, 1.54) is 25.9 Å². The summed E-state index contributed by atoms with van der Waals surface area (Å²) in [6.07, 6.45) is 3.01. The van der Waals surface area contributed by atoms with Gasteiger partial charge in [0.15, 0.2) is 5.16 Å². The standard InChI is InChI=1S/C24H25N5O3S2/c1-13-19(23(32)29(28(13)4)15-9-6-5-7-10-15)25-20(30)14(2)33-24-26-21-18(22(31)27(24)3)16-11-8-12-17(16)34-21/h5-7,9-10,14H,8,11-12H2,1-4H3,(H,25,30). The third kappa shape index (κ3) is 3.61. The van der Waals surface area contributed by atoms with Crippen LogP contribution < -0.4 is 16.4 Å². The fourth-order valence-corrected chi connectivity index (χ4v) is 6.54. The van der Waals surface area contributed by atoms with Crippen molar-refractivity contribution in [3.8, 4) is 5.69 Å². The number of thioether (sulfide) groups is 1. The van der Waals surface area contributed by atoms with Crippen molar-refractivity contribution in [2.75, 3.05) is 5.32 Å². The van der Waals surface area contributed by atoms with Crippen molar-refractivity contribution in [1.82, 2.24) is 18.9 Å². The van der Waals surface area contributed by atoms with Gasteiger partial charge in [0, 0.05) is 19.0 Å². The number of rotatable bonds is 5. The Bertz CT molecular complexity index is 1550. The molecule has 3 aromatic heterocycles. The quantitative estimate of drug-likeness (QED) is 0.339. The number of nitrogens with zero attached hydrogens (tertiary/aromatic N) is 4. The highest BCUT2D eigenvalue weighted by atomic mass is 32.2. The Morgan fingerprint density at radius 3 is 2.62 bits per heavy atom. The lowest BCUT2D eigenvalue weighted by Crippen LogP contribution is -2.28. The van der Waals surface area contributed by atoms with E-state index >= 15 is 0 Å². The summed E-state index contributed by atoms with van der Waals surface area (Å²) in [5.74, 6) is -0.320. The monoisotopic (exact) mass is 495 g/mol. The first-order valence-electron chi connectivity index (χ1n) is 11.1. The lowest BCUT2D eigenvalue weighted by molar-refractivity contribution is -0.115. The fourth-order valence-electron chi connectivity index (χ4n) is 4.36. The number of anilines is 1. The first-order valence-corrected chi connectivity index (χ1v) is 12.8. The maximum atomic E-state index is 13.1. The van der Waals surface area contributed by atoms with Crippen molar-refractivity contribution < 1.29 is 4.79 Å². The number of carbonyl (C=O) groups is 1. The minimum Gasteiger partial charge on any atom is -0.319 e. The number of carbonyl (C=O) groups excluding carboxylic acids is 1. The van der Waals surface area contributed by atoms with Gasteiger partial charge in [0.05, 0.1) is 22.0 Å². The van der Waals surface area contributed by atoms with Crippen LogP contribution in [0.3, 0.4) is 0 Å². The highest BCUT2D eigenvalue weighted by Gasteiger charge is 2.25. The van der Waals surface area contributed by atoms with Crippen LogP contribution in [0.25, 0.3) is 15.9 Å². The molecule has 1 amide bonds. The van der Waals surface area contributed by atoms with E-state index in [4.69, 9.17) is 4.98 Å². The Morgan fingerprint density at radius 2 is 1.88 bits per heavy atom. The second-order valence-corrected chi connectivity index (χ2v) is 10.9. The molecule has 3 heterocycles. The molecule has 5 rings (SSSR count). The van der Waals surface area contributed by atoms with Crippen LogP contribution in [0, 0.1) is 6.92 Å². The fraction of sp³-hybridized carbons (Fsp3) is 0.333. The largest absolute Gasteiger partial charge is 0.319 e. The van der Waals surface area contributed by atoms with Crippen LogP contribution in [0.15, 0.2) is 45.1 Å². The topological polar surface area (TPSA) is 90.9 Å². The second kappa shape index (κ2) is 8.59. The molecule has 0 bridgehead atoms. The number of benzene rings is 1. The molecule has 34 heavy (non-hydrogen) atoms. The van der Waals surface area contributed by atoms with Gasteiger partial charge in [-0.25, -0.2) is 9.67 Å². The zero-order valence-corrected chi connectivity index (χ0v) is 21.0. The van der Waals surface area contributed by atoms with Crippen LogP contribution >= 0.6 is 23.1 Å². The van der Waals surface area contributed by atoms with Crippen molar-refractivity contribution in [2.24, 2.45) is 14.1 Å². The Kier molecular flexibility index (Phi) is 5.73. The van der Waals surface area contributed by atoms with Gasteiger partial charge in [0.25, 0.3) is 11.1 Å². The molecule has 1 atom stereocenters. The summed E-state index contributed by atoms with van der Waals surface area (Å²) in [4.78, 5) is 45.9. The van der Waals surface area contributed by atoms with Gasteiger partial charge in [0.2, 0.25) is 5.91 Å². The van der Waals surface area contributed by atoms with Crippen LogP contribution in [0.1, 0.15) is 29.5 Å². The van der Waals surface area contributed by atoms with Crippen LogP contribution in [0.2, 0.25) is 0 Å². The minimum absolute atomic E-state index is 0.0656. The van der Waals surface area contributed by atoms with E-state index in [0.29, 0.717) is 10.9 Å².